The molecule has 0 saturated carbocycles. The Hall–Kier alpha value is -4.70. The van der Waals surface area contributed by atoms with Gasteiger partial charge in [0.15, 0.2) is 11.5 Å². The molecule has 4 N–H and O–H groups in total. The fourth-order valence-corrected chi connectivity index (χ4v) is 3.13. The van der Waals surface area contributed by atoms with Crippen LogP contribution >= 0.6 is 11.6 Å². The maximum atomic E-state index is 13.2. The third kappa shape index (κ3) is 5.37. The van der Waals surface area contributed by atoms with Crippen molar-refractivity contribution in [2.75, 3.05) is 20.9 Å². The van der Waals surface area contributed by atoms with Crippen molar-refractivity contribution in [1.82, 2.24) is 10.3 Å². The third-order valence-corrected chi connectivity index (χ3v) is 4.71. The number of rotatable bonds is 5. The van der Waals surface area contributed by atoms with Gasteiger partial charge >= 0.3 is 12.1 Å². The topological polar surface area (TPSA) is 136 Å². The molecule has 0 spiro atoms. The average Bonchev–Trinajstić information content (AvgIpc) is 3.30. The first-order valence-corrected chi connectivity index (χ1v) is 10.4. The number of hydrogen-bond donors (Lipinski definition) is 4. The lowest BCUT2D eigenvalue weighted by Crippen LogP contribution is -2.44. The van der Waals surface area contributed by atoms with Crippen molar-refractivity contribution in [2.45, 2.75) is 0 Å². The lowest BCUT2D eigenvalue weighted by atomic mass is 10.3. The Morgan fingerprint density at radius 3 is 1.88 bits per heavy atom. The predicted molar refractivity (Wildman–Crippen MR) is 130 cm³/mol. The Morgan fingerprint density at radius 1 is 0.765 bits per heavy atom. The van der Waals surface area contributed by atoms with Gasteiger partial charge in [0.05, 0.1) is 0 Å². The first kappa shape index (κ1) is 22.5. The smallest absolute Gasteiger partial charge is 0.336 e. The van der Waals surface area contributed by atoms with E-state index in [0.29, 0.717) is 27.0 Å². The number of hydrogen-bond acceptors (Lipinski definition) is 6. The zero-order chi connectivity index (χ0) is 23.9. The van der Waals surface area contributed by atoms with Crippen LogP contribution in [0.15, 0.2) is 89.6 Å². The minimum absolute atomic E-state index is 0.161. The van der Waals surface area contributed by atoms with Gasteiger partial charge in [0, 0.05) is 22.1 Å². The number of carbonyl (C=O) groups is 2. The summed E-state index contributed by atoms with van der Waals surface area (Å²) in [7, 11) is 0. The number of imide groups is 1. The molecule has 1 aromatic heterocycles. The van der Waals surface area contributed by atoms with Gasteiger partial charge in [0.1, 0.15) is 0 Å². The maximum absolute atomic E-state index is 13.2. The summed E-state index contributed by atoms with van der Waals surface area (Å²) in [6.45, 7) is 0. The van der Waals surface area contributed by atoms with E-state index in [1.54, 1.807) is 84.9 Å². The molecule has 0 saturated heterocycles. The molecule has 11 heteroatoms. The highest BCUT2D eigenvalue weighted by atomic mass is 35.5. The fourth-order valence-electron chi connectivity index (χ4n) is 2.94. The molecule has 0 aliphatic carbocycles. The monoisotopic (exact) mass is 475 g/mol. The molecule has 0 aliphatic heterocycles. The molecule has 0 unspecified atom stereocenters. The van der Waals surface area contributed by atoms with Crippen LogP contribution in [0.5, 0.6) is 0 Å². The van der Waals surface area contributed by atoms with Crippen molar-refractivity contribution >= 4 is 52.4 Å². The number of anilines is 4. The van der Waals surface area contributed by atoms with Crippen LogP contribution in [0.4, 0.5) is 32.5 Å². The molecule has 0 aliphatic rings. The fraction of sp³-hybridized carbons (Fsp3) is 0. The molecule has 0 atom stereocenters. The largest absolute Gasteiger partial charge is 0.339 e. The normalized spacial score (nSPS) is 10.3. The molecule has 3 aromatic carbocycles. The molecule has 4 amide bonds. The zero-order valence-corrected chi connectivity index (χ0v) is 18.3. The van der Waals surface area contributed by atoms with Gasteiger partial charge in [-0.2, -0.15) is 4.90 Å². The van der Waals surface area contributed by atoms with Crippen molar-refractivity contribution in [3.05, 3.63) is 95.6 Å². The van der Waals surface area contributed by atoms with Crippen LogP contribution in [-0.4, -0.2) is 28.2 Å². The summed E-state index contributed by atoms with van der Waals surface area (Å²) in [5.74, 6) is -0.537. The number of amides is 4. The van der Waals surface area contributed by atoms with E-state index in [1.807, 2.05) is 0 Å². The first-order chi connectivity index (χ1) is 16.5. The van der Waals surface area contributed by atoms with Crippen molar-refractivity contribution in [3.63, 3.8) is 0 Å². The molecule has 1 heterocycles. The van der Waals surface area contributed by atoms with E-state index in [1.165, 1.54) is 0 Å². The van der Waals surface area contributed by atoms with E-state index in [-0.39, 0.29) is 17.3 Å². The van der Waals surface area contributed by atoms with E-state index in [0.717, 1.165) is 0 Å². The van der Waals surface area contributed by atoms with E-state index < -0.39 is 12.1 Å². The number of carbonyl (C=O) groups excluding carboxylic acids is 2. The highest BCUT2D eigenvalue weighted by Crippen LogP contribution is 2.22. The number of aromatic nitrogens is 2. The number of para-hydroxylation sites is 2. The summed E-state index contributed by atoms with van der Waals surface area (Å²) in [5.41, 5.74) is 1.25. The van der Waals surface area contributed by atoms with Crippen molar-refractivity contribution in [2.24, 2.45) is 0 Å². The molecule has 0 radical (unpaired) electrons. The van der Waals surface area contributed by atoms with Crippen LogP contribution in [0.25, 0.3) is 0 Å². The number of nitrogens with zero attached hydrogens (tertiary/aromatic N) is 3. The highest BCUT2D eigenvalue weighted by molar-refractivity contribution is 6.31. The van der Waals surface area contributed by atoms with E-state index in [9.17, 15) is 9.59 Å². The molecule has 34 heavy (non-hydrogen) atoms. The second-order valence-electron chi connectivity index (χ2n) is 6.87. The lowest BCUT2D eigenvalue weighted by Gasteiger charge is -2.20. The maximum Gasteiger partial charge on any atom is 0.336 e. The molecule has 4 rings (SSSR count). The molecule has 4 aromatic rings. The van der Waals surface area contributed by atoms with Crippen LogP contribution in [0.3, 0.4) is 0 Å². The Morgan fingerprint density at radius 2 is 1.32 bits per heavy atom. The number of urea groups is 2. The number of benzene rings is 3. The zero-order valence-electron chi connectivity index (χ0n) is 17.5. The van der Waals surface area contributed by atoms with Gasteiger partial charge in [0.2, 0.25) is 5.82 Å². The second-order valence-corrected chi connectivity index (χ2v) is 7.31. The van der Waals surface area contributed by atoms with E-state index in [4.69, 9.17) is 21.6 Å². The van der Waals surface area contributed by atoms with Gasteiger partial charge in [-0.15, -0.1) is 0 Å². The first-order valence-electron chi connectivity index (χ1n) is 9.97. The molecular formula is C23H18ClN7O3. The predicted octanol–water partition coefficient (Wildman–Crippen LogP) is 5.43. The lowest BCUT2D eigenvalue weighted by molar-refractivity contribution is 0.245. The molecular weight excluding hydrogens is 458 g/mol. The summed E-state index contributed by atoms with van der Waals surface area (Å²) in [5, 5.41) is 24.4. The van der Waals surface area contributed by atoms with Crippen molar-refractivity contribution in [1.29, 1.82) is 5.41 Å². The van der Waals surface area contributed by atoms with Crippen LogP contribution in [-0.2, 0) is 0 Å². The molecule has 10 nitrogen and oxygen atoms in total. The summed E-state index contributed by atoms with van der Waals surface area (Å²) in [6.07, 6.45) is 0. The van der Waals surface area contributed by atoms with Gasteiger partial charge in [-0.05, 0) is 52.8 Å². The average molecular weight is 476 g/mol. The summed E-state index contributed by atoms with van der Waals surface area (Å²) < 4.78 is 4.80. The van der Waals surface area contributed by atoms with E-state index in [2.05, 4.69) is 26.3 Å². The molecule has 0 fully saturated rings. The molecule has 0 bridgehead atoms. The van der Waals surface area contributed by atoms with Gasteiger partial charge in [-0.1, -0.05) is 54.1 Å². The summed E-state index contributed by atoms with van der Waals surface area (Å²) in [6, 6.07) is 22.2. The van der Waals surface area contributed by atoms with Crippen molar-refractivity contribution in [3.8, 4) is 0 Å². The van der Waals surface area contributed by atoms with Gasteiger partial charge in [0.25, 0.3) is 0 Å². The van der Waals surface area contributed by atoms with Gasteiger partial charge in [-0.25, -0.2) is 14.2 Å². The Bertz CT molecular complexity index is 1260. The second kappa shape index (κ2) is 10.3. The third-order valence-electron chi connectivity index (χ3n) is 4.47. The number of nitrogens with one attached hydrogen (secondary N) is 4. The minimum Gasteiger partial charge on any atom is -0.339 e. The minimum atomic E-state index is -0.827. The van der Waals surface area contributed by atoms with Crippen LogP contribution in [0.2, 0.25) is 5.02 Å². The van der Waals surface area contributed by atoms with Gasteiger partial charge in [-0.3, -0.25) is 5.41 Å². The van der Waals surface area contributed by atoms with Crippen LogP contribution in [0, 0.1) is 5.41 Å². The standard InChI is InChI=1S/C23H18ClN7O3/c24-15-8-7-13-18(14-15)26-20(25)19-21(30-34-29-19)31(22(32)27-16-9-3-1-4-10-16)23(33)28-17-11-5-2-6-12-17/h1-14H,(H2,25,26)(H,27,32)(H,28,33). The SMILES string of the molecule is N=C(Nc1cccc(Cl)c1)c1nonc1N(C(=O)Nc1ccccc1)C(=O)Nc1ccccc1. The highest BCUT2D eigenvalue weighted by Gasteiger charge is 2.32. The number of amidine groups is 1. The van der Waals surface area contributed by atoms with Crippen molar-refractivity contribution < 1.29 is 14.2 Å². The quantitative estimate of drug-likeness (QED) is 0.224. The summed E-state index contributed by atoms with van der Waals surface area (Å²) in [4.78, 5) is 27.0. The van der Waals surface area contributed by atoms with Gasteiger partial charge < -0.3 is 16.0 Å². The number of halogens is 1. The van der Waals surface area contributed by atoms with Crippen LogP contribution in [0.1, 0.15) is 5.69 Å². The Kier molecular flexibility index (Phi) is 6.80. The Balaban J connectivity index is 1.64. The molecule has 170 valence electrons. The Labute approximate surface area is 199 Å². The van der Waals surface area contributed by atoms with Crippen LogP contribution < -0.4 is 20.9 Å². The summed E-state index contributed by atoms with van der Waals surface area (Å²) >= 11 is 6.00. The van der Waals surface area contributed by atoms with E-state index >= 15 is 0 Å².